The Labute approximate surface area is 85.5 Å². The number of aryl methyl sites for hydroxylation is 1. The summed E-state index contributed by atoms with van der Waals surface area (Å²) in [6.07, 6.45) is 1.50. The van der Waals surface area contributed by atoms with E-state index in [2.05, 4.69) is 10.1 Å². The predicted octanol–water partition coefficient (Wildman–Crippen LogP) is 1.89. The largest absolute Gasteiger partial charge is 0.293 e. The second-order valence-corrected chi connectivity index (χ2v) is 3.45. The molecule has 0 atom stereocenters. The molecule has 72 valence electrons. The Morgan fingerprint density at radius 2 is 2.29 bits per heavy atom. The van der Waals surface area contributed by atoms with E-state index in [0.717, 1.165) is 5.56 Å². The molecule has 14 heavy (non-hydrogen) atoms. The Morgan fingerprint density at radius 3 is 2.93 bits per heavy atom. The average Bonchev–Trinajstić information content (AvgIpc) is 2.48. The van der Waals surface area contributed by atoms with E-state index < -0.39 is 0 Å². The van der Waals surface area contributed by atoms with Crippen LogP contribution in [0.3, 0.4) is 0 Å². The highest BCUT2D eigenvalue weighted by molar-refractivity contribution is 6.30. The van der Waals surface area contributed by atoms with Gasteiger partial charge in [0.2, 0.25) is 0 Å². The van der Waals surface area contributed by atoms with Crippen molar-refractivity contribution < 1.29 is 4.79 Å². The first-order valence-corrected chi connectivity index (χ1v) is 4.49. The third-order valence-electron chi connectivity index (χ3n) is 1.98. The van der Waals surface area contributed by atoms with Crippen molar-refractivity contribution in [1.82, 2.24) is 14.6 Å². The van der Waals surface area contributed by atoms with Crippen molar-refractivity contribution >= 4 is 23.0 Å². The number of ketones is 1. The van der Waals surface area contributed by atoms with E-state index in [4.69, 9.17) is 11.6 Å². The molecule has 5 heteroatoms. The molecule has 2 rings (SSSR count). The number of hydrogen-bond acceptors (Lipinski definition) is 3. The van der Waals surface area contributed by atoms with Gasteiger partial charge in [0.25, 0.3) is 0 Å². The summed E-state index contributed by atoms with van der Waals surface area (Å²) in [4.78, 5) is 15.2. The summed E-state index contributed by atoms with van der Waals surface area (Å²) in [6, 6.07) is 1.79. The van der Waals surface area contributed by atoms with Crippen LogP contribution in [0, 0.1) is 6.92 Å². The van der Waals surface area contributed by atoms with Crippen LogP contribution in [0.5, 0.6) is 0 Å². The first-order valence-electron chi connectivity index (χ1n) is 4.11. The molecule has 2 aromatic rings. The fraction of sp³-hybridized carbons (Fsp3) is 0.222. The van der Waals surface area contributed by atoms with Gasteiger partial charge in [-0.1, -0.05) is 11.6 Å². The Morgan fingerprint density at radius 1 is 1.57 bits per heavy atom. The molecular weight excluding hydrogens is 202 g/mol. The van der Waals surface area contributed by atoms with Crippen LogP contribution >= 0.6 is 11.6 Å². The molecule has 0 N–H and O–H groups in total. The summed E-state index contributed by atoms with van der Waals surface area (Å²) in [7, 11) is 0. The summed E-state index contributed by atoms with van der Waals surface area (Å²) < 4.78 is 1.46. The van der Waals surface area contributed by atoms with Crippen molar-refractivity contribution in [2.45, 2.75) is 13.8 Å². The van der Waals surface area contributed by atoms with Crippen LogP contribution < -0.4 is 0 Å². The number of Topliss-reactive ketones (excluding diaryl/α,β-unsaturated/α-hetero) is 1. The van der Waals surface area contributed by atoms with Gasteiger partial charge in [-0.2, -0.15) is 5.10 Å². The number of carbonyl (C=O) groups excluding carboxylic acids is 1. The van der Waals surface area contributed by atoms with Crippen LogP contribution in [0.25, 0.3) is 5.65 Å². The Kier molecular flexibility index (Phi) is 2.00. The molecule has 0 amide bonds. The SMILES string of the molecule is CC(=O)c1cnc2cc(C)c(Cl)nn12. The third kappa shape index (κ3) is 1.28. The zero-order valence-corrected chi connectivity index (χ0v) is 8.54. The summed E-state index contributed by atoms with van der Waals surface area (Å²) in [5.74, 6) is -0.0788. The van der Waals surface area contributed by atoms with Crippen molar-refractivity contribution in [3.8, 4) is 0 Å². The van der Waals surface area contributed by atoms with Crippen molar-refractivity contribution in [3.63, 3.8) is 0 Å². The molecule has 0 bridgehead atoms. The van der Waals surface area contributed by atoms with Crippen molar-refractivity contribution in [1.29, 1.82) is 0 Å². The van der Waals surface area contributed by atoms with Gasteiger partial charge in [0.05, 0.1) is 6.20 Å². The number of nitrogens with zero attached hydrogens (tertiary/aromatic N) is 3. The molecule has 4 nitrogen and oxygen atoms in total. The van der Waals surface area contributed by atoms with E-state index in [-0.39, 0.29) is 5.78 Å². The van der Waals surface area contributed by atoms with Gasteiger partial charge in [-0.3, -0.25) is 4.79 Å². The van der Waals surface area contributed by atoms with Gasteiger partial charge < -0.3 is 0 Å². The van der Waals surface area contributed by atoms with Gasteiger partial charge in [0, 0.05) is 6.92 Å². The van der Waals surface area contributed by atoms with E-state index >= 15 is 0 Å². The van der Waals surface area contributed by atoms with Gasteiger partial charge in [-0.05, 0) is 18.6 Å². The zero-order valence-electron chi connectivity index (χ0n) is 7.78. The minimum Gasteiger partial charge on any atom is -0.293 e. The molecule has 0 aromatic carbocycles. The van der Waals surface area contributed by atoms with E-state index in [9.17, 15) is 4.79 Å². The summed E-state index contributed by atoms with van der Waals surface area (Å²) in [5, 5.41) is 4.44. The van der Waals surface area contributed by atoms with Crippen LogP contribution in [0.2, 0.25) is 5.15 Å². The van der Waals surface area contributed by atoms with Gasteiger partial charge in [0.15, 0.2) is 16.6 Å². The van der Waals surface area contributed by atoms with E-state index in [1.165, 1.54) is 17.6 Å². The third-order valence-corrected chi connectivity index (χ3v) is 2.36. The number of carbonyl (C=O) groups is 1. The second kappa shape index (κ2) is 3.06. The summed E-state index contributed by atoms with van der Waals surface area (Å²) in [5.41, 5.74) is 1.93. The first kappa shape index (κ1) is 9.15. The number of halogens is 1. The number of hydrogen-bond donors (Lipinski definition) is 0. The summed E-state index contributed by atoms with van der Waals surface area (Å²) in [6.45, 7) is 3.32. The maximum atomic E-state index is 11.2. The number of fused-ring (bicyclic) bond motifs is 1. The highest BCUT2D eigenvalue weighted by atomic mass is 35.5. The smallest absolute Gasteiger partial charge is 0.179 e. The highest BCUT2D eigenvalue weighted by Gasteiger charge is 2.10. The Hall–Kier alpha value is -1.42. The topological polar surface area (TPSA) is 47.3 Å². The molecule has 2 heterocycles. The maximum Gasteiger partial charge on any atom is 0.179 e. The Balaban J connectivity index is 2.80. The zero-order chi connectivity index (χ0) is 10.3. The fourth-order valence-electron chi connectivity index (χ4n) is 1.22. The average molecular weight is 210 g/mol. The fourth-order valence-corrected chi connectivity index (χ4v) is 1.35. The normalized spacial score (nSPS) is 10.8. The lowest BCUT2D eigenvalue weighted by molar-refractivity contribution is 0.101. The lowest BCUT2D eigenvalue weighted by Crippen LogP contribution is -2.02. The van der Waals surface area contributed by atoms with Crippen LogP contribution in [0.15, 0.2) is 12.3 Å². The molecule has 0 saturated carbocycles. The molecule has 0 saturated heterocycles. The second-order valence-electron chi connectivity index (χ2n) is 3.09. The van der Waals surface area contributed by atoms with E-state index in [1.54, 1.807) is 6.07 Å². The lowest BCUT2D eigenvalue weighted by atomic mass is 10.3. The minimum absolute atomic E-state index is 0.0788. The molecule has 0 aliphatic carbocycles. The molecule has 0 aliphatic heterocycles. The monoisotopic (exact) mass is 209 g/mol. The molecule has 0 fully saturated rings. The summed E-state index contributed by atoms with van der Waals surface area (Å²) >= 11 is 5.85. The van der Waals surface area contributed by atoms with E-state index in [1.807, 2.05) is 6.92 Å². The number of aromatic nitrogens is 3. The molecule has 0 radical (unpaired) electrons. The van der Waals surface area contributed by atoms with Gasteiger partial charge >= 0.3 is 0 Å². The maximum absolute atomic E-state index is 11.2. The number of imidazole rings is 1. The quantitative estimate of drug-likeness (QED) is 0.674. The van der Waals surface area contributed by atoms with Crippen LogP contribution in [-0.4, -0.2) is 20.4 Å². The molecule has 2 aromatic heterocycles. The predicted molar refractivity (Wildman–Crippen MR) is 52.7 cm³/mol. The van der Waals surface area contributed by atoms with Crippen LogP contribution in [0.4, 0.5) is 0 Å². The van der Waals surface area contributed by atoms with Gasteiger partial charge in [0.1, 0.15) is 5.69 Å². The van der Waals surface area contributed by atoms with E-state index in [0.29, 0.717) is 16.5 Å². The number of rotatable bonds is 1. The van der Waals surface area contributed by atoms with Gasteiger partial charge in [-0.15, -0.1) is 0 Å². The Bertz CT molecular complexity index is 518. The van der Waals surface area contributed by atoms with Gasteiger partial charge in [-0.25, -0.2) is 9.50 Å². The molecule has 0 unspecified atom stereocenters. The van der Waals surface area contributed by atoms with Crippen molar-refractivity contribution in [2.75, 3.05) is 0 Å². The molecule has 0 spiro atoms. The van der Waals surface area contributed by atoms with Crippen LogP contribution in [0.1, 0.15) is 23.0 Å². The van der Waals surface area contributed by atoms with Crippen molar-refractivity contribution in [2.24, 2.45) is 0 Å². The highest BCUT2D eigenvalue weighted by Crippen LogP contribution is 2.14. The standard InChI is InChI=1S/C9H8ClN3O/c1-5-3-8-11-4-7(6(2)14)13(8)12-9(5)10/h3-4H,1-2H3. The lowest BCUT2D eigenvalue weighted by Gasteiger charge is -1.99. The first-order chi connectivity index (χ1) is 6.59. The molecular formula is C9H8ClN3O. The van der Waals surface area contributed by atoms with Crippen molar-refractivity contribution in [3.05, 3.63) is 28.7 Å². The molecule has 0 aliphatic rings. The minimum atomic E-state index is -0.0788. The van der Waals surface area contributed by atoms with Crippen LogP contribution in [-0.2, 0) is 0 Å².